The Morgan fingerprint density at radius 2 is 1.73 bits per heavy atom. The Morgan fingerprint density at radius 3 is 2.29 bits per heavy atom. The van der Waals surface area contributed by atoms with E-state index in [1.165, 1.54) is 11.0 Å². The zero-order valence-corrected chi connectivity index (χ0v) is 31.3. The first-order valence-corrected chi connectivity index (χ1v) is 19.4. The Kier molecular flexibility index (Phi) is 10.8. The molecule has 6 atom stereocenters. The minimum absolute atomic E-state index is 0.0122. The smallest absolute Gasteiger partial charge is 0.289 e. The first-order chi connectivity index (χ1) is 23.8. The SMILES string of the molecule is C=CCNC(=O)C(=O)C(CC1CC1)NC(=O)[C@@H]1[C@@H]2[C@H](CN1C(=O)[C@@H](NC(=O)[C@@H](NS(=O)(=O)c1nnn[nH]1)C1(C)CCCCC1)C(C)(C)C)C2(C)C. The van der Waals surface area contributed by atoms with E-state index in [0.717, 1.165) is 32.1 Å². The average Bonchev–Trinajstić information content (AvgIpc) is 3.74. The van der Waals surface area contributed by atoms with E-state index in [1.807, 2.05) is 20.8 Å². The number of ketones is 1. The number of carbonyl (C=O) groups is 5. The van der Waals surface area contributed by atoms with Crippen LogP contribution in [0.25, 0.3) is 0 Å². The van der Waals surface area contributed by atoms with Crippen LogP contribution >= 0.6 is 0 Å². The Morgan fingerprint density at radius 1 is 1.06 bits per heavy atom. The number of hydrogen-bond acceptors (Lipinski definition) is 10. The molecule has 1 saturated heterocycles. The molecule has 1 aromatic rings. The second-order valence-corrected chi connectivity index (χ2v) is 18.4. The molecular formula is C34H53N9O7S. The van der Waals surface area contributed by atoms with Gasteiger partial charge in [-0.1, -0.05) is 84.8 Å². The molecule has 0 bridgehead atoms. The van der Waals surface area contributed by atoms with Crippen molar-refractivity contribution in [1.29, 1.82) is 0 Å². The maximum atomic E-state index is 14.6. The number of fused-ring (bicyclic) bond motifs is 1. The van der Waals surface area contributed by atoms with Gasteiger partial charge in [0, 0.05) is 13.1 Å². The third-order valence-corrected chi connectivity index (χ3v) is 12.7. The molecule has 16 nitrogen and oxygen atoms in total. The summed E-state index contributed by atoms with van der Waals surface area (Å²) in [6.07, 6.45) is 7.30. The lowest BCUT2D eigenvalue weighted by molar-refractivity contribution is -0.147. The first kappa shape index (κ1) is 38.5. The molecular weight excluding hydrogens is 678 g/mol. The van der Waals surface area contributed by atoms with Crippen LogP contribution in [0.3, 0.4) is 0 Å². The van der Waals surface area contributed by atoms with Gasteiger partial charge in [0.25, 0.3) is 21.1 Å². The number of aromatic nitrogens is 4. The molecule has 1 unspecified atom stereocenters. The van der Waals surface area contributed by atoms with E-state index in [4.69, 9.17) is 0 Å². The first-order valence-electron chi connectivity index (χ1n) is 17.9. The monoisotopic (exact) mass is 731 g/mol. The lowest BCUT2D eigenvalue weighted by Gasteiger charge is -2.42. The van der Waals surface area contributed by atoms with Gasteiger partial charge in [-0.3, -0.25) is 24.0 Å². The molecule has 0 radical (unpaired) electrons. The van der Waals surface area contributed by atoms with Gasteiger partial charge in [0.15, 0.2) is 0 Å². The molecule has 5 rings (SSSR count). The fourth-order valence-corrected chi connectivity index (χ4v) is 9.19. The van der Waals surface area contributed by atoms with Crippen molar-refractivity contribution in [3.8, 4) is 0 Å². The van der Waals surface area contributed by atoms with Crippen LogP contribution in [0, 0.1) is 34.0 Å². The molecule has 4 aliphatic rings. The molecule has 5 N–H and O–H groups in total. The van der Waals surface area contributed by atoms with Crippen LogP contribution in [0.4, 0.5) is 0 Å². The van der Waals surface area contributed by atoms with Gasteiger partial charge in [0.05, 0.1) is 6.04 Å². The van der Waals surface area contributed by atoms with Gasteiger partial charge in [-0.25, -0.2) is 13.5 Å². The number of nitrogens with one attached hydrogen (secondary N) is 5. The Labute approximate surface area is 299 Å². The summed E-state index contributed by atoms with van der Waals surface area (Å²) < 4.78 is 29.1. The van der Waals surface area contributed by atoms with E-state index in [0.29, 0.717) is 19.3 Å². The summed E-state index contributed by atoms with van der Waals surface area (Å²) in [7, 11) is -4.34. The largest absolute Gasteiger partial charge is 0.346 e. The van der Waals surface area contributed by atoms with Gasteiger partial charge in [-0.2, -0.15) is 4.72 Å². The van der Waals surface area contributed by atoms with Crippen molar-refractivity contribution in [3.05, 3.63) is 12.7 Å². The topological polar surface area (TPSA) is 225 Å². The molecule has 0 spiro atoms. The highest BCUT2D eigenvalue weighted by Gasteiger charge is 2.70. The Bertz CT molecular complexity index is 1630. The summed E-state index contributed by atoms with van der Waals surface area (Å²) in [6.45, 7) is 15.2. The van der Waals surface area contributed by atoms with E-state index < -0.39 is 79.6 Å². The van der Waals surface area contributed by atoms with Crippen LogP contribution in [0.1, 0.15) is 92.9 Å². The zero-order chi connectivity index (χ0) is 37.5. The highest BCUT2D eigenvalue weighted by molar-refractivity contribution is 7.89. The number of rotatable bonds is 15. The quantitative estimate of drug-likeness (QED) is 0.127. The van der Waals surface area contributed by atoms with E-state index in [2.05, 4.69) is 47.9 Å². The predicted octanol–water partition coefficient (Wildman–Crippen LogP) is 0.987. The number of sulfonamides is 1. The summed E-state index contributed by atoms with van der Waals surface area (Å²) >= 11 is 0. The van der Waals surface area contributed by atoms with Crippen molar-refractivity contribution in [1.82, 2.24) is 46.2 Å². The van der Waals surface area contributed by atoms with Crippen LogP contribution < -0.4 is 20.7 Å². The standard InChI is InChI=1S/C34H53N9O7S/c1-8-16-35-28(46)24(44)21(17-19-12-13-19)36-27(45)23-22-20(33(22,5)6)18-43(23)30(48)26(32(2,3)4)37-29(47)25(34(7)14-10-9-11-15-34)40-51(49,50)31-38-41-42-39-31/h8,19-23,25-26,40H,1,9-18H2,2-7H3,(H,35,46)(H,36,45)(H,37,47)(H,38,39,41,42)/t20-,21?,22-,23-,25+,26+/m0/s1. The zero-order valence-electron chi connectivity index (χ0n) is 30.5. The molecule has 3 saturated carbocycles. The summed E-state index contributed by atoms with van der Waals surface area (Å²) in [4.78, 5) is 70.4. The number of aromatic amines is 1. The van der Waals surface area contributed by atoms with E-state index in [1.54, 1.807) is 20.8 Å². The highest BCUT2D eigenvalue weighted by Crippen LogP contribution is 2.65. The maximum Gasteiger partial charge on any atom is 0.289 e. The number of carbonyl (C=O) groups excluding carboxylic acids is 5. The van der Waals surface area contributed by atoms with Crippen molar-refractivity contribution in [2.24, 2.45) is 34.0 Å². The fraction of sp³-hybridized carbons (Fsp3) is 0.765. The molecule has 1 aliphatic heterocycles. The van der Waals surface area contributed by atoms with Gasteiger partial charge >= 0.3 is 0 Å². The summed E-state index contributed by atoms with van der Waals surface area (Å²) in [5, 5.41) is 20.2. The van der Waals surface area contributed by atoms with Crippen LogP contribution in [0.2, 0.25) is 0 Å². The highest BCUT2D eigenvalue weighted by atomic mass is 32.2. The van der Waals surface area contributed by atoms with Crippen molar-refractivity contribution in [3.63, 3.8) is 0 Å². The third kappa shape index (κ3) is 8.18. The molecule has 3 aliphatic carbocycles. The third-order valence-electron chi connectivity index (χ3n) is 11.5. The number of likely N-dealkylation sites (tertiary alicyclic amines) is 1. The second kappa shape index (κ2) is 14.4. The van der Waals surface area contributed by atoms with Crippen molar-refractivity contribution >= 4 is 39.4 Å². The molecule has 2 heterocycles. The van der Waals surface area contributed by atoms with Crippen LogP contribution in [-0.4, -0.2) is 101 Å². The van der Waals surface area contributed by atoms with Gasteiger partial charge in [0.1, 0.15) is 18.1 Å². The molecule has 4 amide bonds. The number of nitrogens with zero attached hydrogens (tertiary/aromatic N) is 4. The van der Waals surface area contributed by atoms with Gasteiger partial charge in [-0.05, 0) is 63.7 Å². The van der Waals surface area contributed by atoms with Crippen LogP contribution in [0.5, 0.6) is 0 Å². The fourth-order valence-electron chi connectivity index (χ4n) is 8.07. The Hall–Kier alpha value is -3.73. The van der Waals surface area contributed by atoms with Crippen molar-refractivity contribution in [2.45, 2.75) is 122 Å². The van der Waals surface area contributed by atoms with Crippen molar-refractivity contribution < 1.29 is 32.4 Å². The predicted molar refractivity (Wildman–Crippen MR) is 185 cm³/mol. The number of hydrogen-bond donors (Lipinski definition) is 5. The molecule has 51 heavy (non-hydrogen) atoms. The lowest BCUT2D eigenvalue weighted by atomic mass is 9.70. The maximum absolute atomic E-state index is 14.6. The molecule has 0 aromatic carbocycles. The number of amides is 4. The van der Waals surface area contributed by atoms with E-state index >= 15 is 0 Å². The minimum Gasteiger partial charge on any atom is -0.346 e. The minimum atomic E-state index is -4.34. The van der Waals surface area contributed by atoms with Crippen molar-refractivity contribution in [2.75, 3.05) is 13.1 Å². The summed E-state index contributed by atoms with van der Waals surface area (Å²) in [5.74, 6) is -3.19. The lowest BCUT2D eigenvalue weighted by Crippen LogP contribution is -2.64. The molecule has 1 aromatic heterocycles. The van der Waals surface area contributed by atoms with E-state index in [9.17, 15) is 32.4 Å². The van der Waals surface area contributed by atoms with Gasteiger partial charge < -0.3 is 20.9 Å². The average molecular weight is 732 g/mol. The Balaban J connectivity index is 1.40. The normalized spacial score (nSPS) is 25.5. The number of Topliss-reactive ketones (excluding diaryl/α,β-unsaturated/α-hetero) is 1. The number of tetrazole rings is 1. The number of piperidine rings is 1. The molecule has 282 valence electrons. The molecule has 4 fully saturated rings. The second-order valence-electron chi connectivity index (χ2n) is 16.8. The summed E-state index contributed by atoms with van der Waals surface area (Å²) in [5.41, 5.74) is -1.86. The van der Waals surface area contributed by atoms with Gasteiger partial charge in [-0.15, -0.1) is 6.58 Å². The molecule has 17 heteroatoms. The van der Waals surface area contributed by atoms with Crippen LogP contribution in [-0.2, 0) is 34.0 Å². The van der Waals surface area contributed by atoms with Gasteiger partial charge in [0.2, 0.25) is 23.5 Å². The number of H-pyrrole nitrogens is 1. The van der Waals surface area contributed by atoms with E-state index in [-0.39, 0.29) is 36.3 Å². The summed E-state index contributed by atoms with van der Waals surface area (Å²) in [6, 6.07) is -4.37. The van der Waals surface area contributed by atoms with Crippen LogP contribution in [0.15, 0.2) is 17.8 Å².